The number of piperidine rings is 1. The first-order valence-corrected chi connectivity index (χ1v) is 10.4. The van der Waals surface area contributed by atoms with Gasteiger partial charge in [0.1, 0.15) is 5.60 Å². The van der Waals surface area contributed by atoms with E-state index in [1.807, 2.05) is 0 Å². The zero-order valence-electron chi connectivity index (χ0n) is 16.8. The molecule has 11 heteroatoms. The molecule has 1 aromatic heterocycles. The van der Waals surface area contributed by atoms with Crippen molar-refractivity contribution < 1.29 is 24.2 Å². The lowest BCUT2D eigenvalue weighted by Gasteiger charge is -2.39. The second-order valence-electron chi connectivity index (χ2n) is 7.78. The Morgan fingerprint density at radius 1 is 1.31 bits per heavy atom. The number of hydrogen-bond donors (Lipinski definition) is 4. The standard InChI is InChI=1S/C18H27ClN4O5S/c1-10(24)23-8-7-11(12(9-23)21-17(27)28-18(2,3)4)20-15(25)16(26)22-14-6-5-13(19)29-14/h5-6,11-12,15,20,25H,7-9H2,1-4H3,(H,21,27)(H,22,26)/t11-,12+,15?/m0/s1. The first kappa shape index (κ1) is 23.4. The largest absolute Gasteiger partial charge is 0.444 e. The van der Waals surface area contributed by atoms with Gasteiger partial charge < -0.3 is 25.4 Å². The first-order valence-electron chi connectivity index (χ1n) is 9.20. The van der Waals surface area contributed by atoms with Crippen LogP contribution in [0.2, 0.25) is 4.34 Å². The Balaban J connectivity index is 2.01. The molecule has 2 rings (SSSR count). The molecule has 162 valence electrons. The van der Waals surface area contributed by atoms with E-state index in [9.17, 15) is 19.5 Å². The van der Waals surface area contributed by atoms with Gasteiger partial charge in [-0.25, -0.2) is 4.79 Å². The highest BCUT2D eigenvalue weighted by Gasteiger charge is 2.34. The predicted octanol–water partition coefficient (Wildman–Crippen LogP) is 1.76. The zero-order valence-corrected chi connectivity index (χ0v) is 18.4. The van der Waals surface area contributed by atoms with Gasteiger partial charge in [0.25, 0.3) is 5.91 Å². The van der Waals surface area contributed by atoms with Crippen molar-refractivity contribution >= 4 is 45.8 Å². The van der Waals surface area contributed by atoms with Crippen molar-refractivity contribution in [3.8, 4) is 0 Å². The van der Waals surface area contributed by atoms with E-state index in [0.29, 0.717) is 22.3 Å². The molecular formula is C18H27ClN4O5S. The Kier molecular flexibility index (Phi) is 7.87. The minimum absolute atomic E-state index is 0.118. The number of aliphatic hydroxyl groups excluding tert-OH is 1. The minimum Gasteiger partial charge on any atom is -0.444 e. The SMILES string of the molecule is CC(=O)N1CC[C@H](NC(O)C(=O)Nc2ccc(Cl)s2)[C@H](NC(=O)OC(C)(C)C)C1. The van der Waals surface area contributed by atoms with Gasteiger partial charge in [-0.15, -0.1) is 11.3 Å². The van der Waals surface area contributed by atoms with Gasteiger partial charge in [-0.2, -0.15) is 0 Å². The van der Waals surface area contributed by atoms with Crippen molar-refractivity contribution in [1.29, 1.82) is 0 Å². The molecular weight excluding hydrogens is 420 g/mol. The van der Waals surface area contributed by atoms with Gasteiger partial charge >= 0.3 is 6.09 Å². The third kappa shape index (κ3) is 7.46. The Hall–Kier alpha value is -1.88. The number of anilines is 1. The summed E-state index contributed by atoms with van der Waals surface area (Å²) >= 11 is 7.01. The average Bonchev–Trinajstić information content (AvgIpc) is 2.99. The normalized spacial score (nSPS) is 20.7. The number of rotatable bonds is 5. The summed E-state index contributed by atoms with van der Waals surface area (Å²) in [5.41, 5.74) is -0.677. The molecule has 0 saturated carbocycles. The molecule has 0 aromatic carbocycles. The van der Waals surface area contributed by atoms with E-state index in [4.69, 9.17) is 16.3 Å². The van der Waals surface area contributed by atoms with Crippen LogP contribution in [-0.2, 0) is 14.3 Å². The van der Waals surface area contributed by atoms with E-state index in [0.717, 1.165) is 0 Å². The van der Waals surface area contributed by atoms with E-state index in [2.05, 4.69) is 16.0 Å². The maximum atomic E-state index is 12.2. The number of aliphatic hydroxyl groups is 1. The highest BCUT2D eigenvalue weighted by atomic mass is 35.5. The number of likely N-dealkylation sites (tertiary alicyclic amines) is 1. The highest BCUT2D eigenvalue weighted by Crippen LogP contribution is 2.26. The van der Waals surface area contributed by atoms with Crippen molar-refractivity contribution in [1.82, 2.24) is 15.5 Å². The Morgan fingerprint density at radius 3 is 2.55 bits per heavy atom. The number of halogens is 1. The average molecular weight is 447 g/mol. The van der Waals surface area contributed by atoms with Gasteiger partial charge in [0.2, 0.25) is 5.91 Å². The van der Waals surface area contributed by atoms with Crippen LogP contribution in [0.25, 0.3) is 0 Å². The van der Waals surface area contributed by atoms with Crippen molar-refractivity contribution in [2.75, 3.05) is 18.4 Å². The molecule has 0 aliphatic carbocycles. The molecule has 1 unspecified atom stereocenters. The Morgan fingerprint density at radius 2 is 2.00 bits per heavy atom. The number of nitrogens with zero attached hydrogens (tertiary/aromatic N) is 1. The molecule has 9 nitrogen and oxygen atoms in total. The van der Waals surface area contributed by atoms with Crippen LogP contribution < -0.4 is 16.0 Å². The smallest absolute Gasteiger partial charge is 0.407 e. The molecule has 29 heavy (non-hydrogen) atoms. The molecule has 4 N–H and O–H groups in total. The summed E-state index contributed by atoms with van der Waals surface area (Å²) in [6.45, 7) is 7.37. The van der Waals surface area contributed by atoms with E-state index in [-0.39, 0.29) is 12.5 Å². The van der Waals surface area contributed by atoms with Crippen molar-refractivity contribution in [3.05, 3.63) is 16.5 Å². The predicted molar refractivity (Wildman–Crippen MR) is 111 cm³/mol. The van der Waals surface area contributed by atoms with Crippen molar-refractivity contribution in [2.24, 2.45) is 0 Å². The lowest BCUT2D eigenvalue weighted by molar-refractivity contribution is -0.131. The number of thiophene rings is 1. The van der Waals surface area contributed by atoms with Gasteiger partial charge in [-0.1, -0.05) is 11.6 Å². The van der Waals surface area contributed by atoms with Gasteiger partial charge in [-0.3, -0.25) is 14.9 Å². The van der Waals surface area contributed by atoms with E-state index in [1.54, 1.807) is 37.8 Å². The monoisotopic (exact) mass is 446 g/mol. The summed E-state index contributed by atoms with van der Waals surface area (Å²) in [5.74, 6) is -0.763. The molecule has 0 spiro atoms. The van der Waals surface area contributed by atoms with Gasteiger partial charge in [-0.05, 0) is 39.3 Å². The Bertz CT molecular complexity index is 751. The summed E-state index contributed by atoms with van der Waals surface area (Å²) in [4.78, 5) is 37.8. The molecule has 3 atom stereocenters. The Labute approximate surface area is 178 Å². The van der Waals surface area contributed by atoms with E-state index >= 15 is 0 Å². The summed E-state index contributed by atoms with van der Waals surface area (Å²) < 4.78 is 5.80. The second kappa shape index (κ2) is 9.75. The number of carbonyl (C=O) groups is 3. The van der Waals surface area contributed by atoms with E-state index < -0.39 is 35.9 Å². The lowest BCUT2D eigenvalue weighted by Crippen LogP contribution is -2.63. The molecule has 1 saturated heterocycles. The molecule has 2 heterocycles. The maximum Gasteiger partial charge on any atom is 0.407 e. The van der Waals surface area contributed by atoms with Crippen LogP contribution in [0, 0.1) is 0 Å². The number of carbonyl (C=O) groups excluding carboxylic acids is 3. The number of hydrogen-bond acceptors (Lipinski definition) is 7. The van der Waals surface area contributed by atoms with Crippen LogP contribution in [0.3, 0.4) is 0 Å². The number of nitrogens with one attached hydrogen (secondary N) is 3. The van der Waals surface area contributed by atoms with Gasteiger partial charge in [0.05, 0.1) is 15.4 Å². The summed E-state index contributed by atoms with van der Waals surface area (Å²) in [5, 5.41) is 18.9. The topological polar surface area (TPSA) is 120 Å². The third-order valence-corrected chi connectivity index (χ3v) is 5.35. The maximum absolute atomic E-state index is 12.2. The fourth-order valence-electron chi connectivity index (χ4n) is 2.89. The van der Waals surface area contributed by atoms with Crippen molar-refractivity contribution in [2.45, 2.75) is 58.0 Å². The number of ether oxygens (including phenoxy) is 1. The van der Waals surface area contributed by atoms with Gasteiger partial charge in [0, 0.05) is 26.1 Å². The van der Waals surface area contributed by atoms with Crippen LogP contribution in [0.5, 0.6) is 0 Å². The van der Waals surface area contributed by atoms with Crippen LogP contribution >= 0.6 is 22.9 Å². The van der Waals surface area contributed by atoms with Crippen LogP contribution in [-0.4, -0.2) is 64.9 Å². The molecule has 3 amide bonds. The molecule has 1 aliphatic heterocycles. The first-order chi connectivity index (χ1) is 13.4. The van der Waals surface area contributed by atoms with Crippen LogP contribution in [0.15, 0.2) is 12.1 Å². The lowest BCUT2D eigenvalue weighted by atomic mass is 9.99. The zero-order chi connectivity index (χ0) is 21.8. The summed E-state index contributed by atoms with van der Waals surface area (Å²) in [7, 11) is 0. The van der Waals surface area contributed by atoms with Crippen LogP contribution in [0.1, 0.15) is 34.1 Å². The summed E-state index contributed by atoms with van der Waals surface area (Å²) in [6.07, 6.45) is -1.70. The quantitative estimate of drug-likeness (QED) is 0.511. The van der Waals surface area contributed by atoms with E-state index in [1.165, 1.54) is 18.3 Å². The number of amides is 3. The van der Waals surface area contributed by atoms with Crippen molar-refractivity contribution in [3.63, 3.8) is 0 Å². The number of alkyl carbamates (subject to hydrolysis) is 1. The molecule has 0 bridgehead atoms. The molecule has 1 aromatic rings. The highest BCUT2D eigenvalue weighted by molar-refractivity contribution is 7.20. The van der Waals surface area contributed by atoms with Gasteiger partial charge in [0.15, 0.2) is 6.23 Å². The van der Waals surface area contributed by atoms with Crippen LogP contribution in [0.4, 0.5) is 9.80 Å². The third-order valence-electron chi connectivity index (χ3n) is 4.20. The fraction of sp³-hybridized carbons (Fsp3) is 0.611. The summed E-state index contributed by atoms with van der Waals surface area (Å²) in [6, 6.07) is 2.29. The molecule has 1 fully saturated rings. The molecule has 0 radical (unpaired) electrons. The minimum atomic E-state index is -1.51. The second-order valence-corrected chi connectivity index (χ2v) is 9.49. The fourth-order valence-corrected chi connectivity index (χ4v) is 3.84. The molecule has 1 aliphatic rings.